The van der Waals surface area contributed by atoms with Crippen LogP contribution in [-0.4, -0.2) is 86.3 Å². The molecular formula is C35H45N7O3. The van der Waals surface area contributed by atoms with E-state index in [1.807, 2.05) is 43.3 Å². The van der Waals surface area contributed by atoms with Gasteiger partial charge in [-0.1, -0.05) is 36.5 Å². The first-order valence-electron chi connectivity index (χ1n) is 15.3. The molecule has 238 valence electrons. The summed E-state index contributed by atoms with van der Waals surface area (Å²) in [6.45, 7) is 12.2. The van der Waals surface area contributed by atoms with Gasteiger partial charge in [0.1, 0.15) is 6.04 Å². The molecule has 1 saturated heterocycles. The van der Waals surface area contributed by atoms with E-state index < -0.39 is 5.41 Å². The summed E-state index contributed by atoms with van der Waals surface area (Å²) in [6, 6.07) is 14.1. The smallest absolute Gasteiger partial charge is 0.323 e. The van der Waals surface area contributed by atoms with Gasteiger partial charge in [0.05, 0.1) is 11.5 Å². The van der Waals surface area contributed by atoms with Crippen molar-refractivity contribution in [3.8, 4) is 6.07 Å². The number of carbonyl (C=O) groups excluding carboxylic acids is 2. The van der Waals surface area contributed by atoms with Crippen LogP contribution in [0.25, 0.3) is 5.70 Å². The lowest BCUT2D eigenvalue weighted by Gasteiger charge is -2.38. The van der Waals surface area contributed by atoms with Crippen molar-refractivity contribution in [2.24, 2.45) is 10.9 Å². The van der Waals surface area contributed by atoms with Crippen molar-refractivity contribution < 1.29 is 14.4 Å². The first-order valence-corrected chi connectivity index (χ1v) is 15.3. The van der Waals surface area contributed by atoms with Gasteiger partial charge in [-0.3, -0.25) is 9.59 Å². The van der Waals surface area contributed by atoms with Gasteiger partial charge in [0, 0.05) is 64.3 Å². The molecule has 3 N–H and O–H groups in total. The second-order valence-electron chi connectivity index (χ2n) is 12.4. The van der Waals surface area contributed by atoms with Crippen LogP contribution >= 0.6 is 0 Å². The van der Waals surface area contributed by atoms with E-state index in [0.717, 1.165) is 58.6 Å². The fourth-order valence-corrected chi connectivity index (χ4v) is 6.64. The molecular weight excluding hydrogens is 566 g/mol. The summed E-state index contributed by atoms with van der Waals surface area (Å²) in [5.74, 6) is 0.0493. The number of amidine groups is 1. The summed E-state index contributed by atoms with van der Waals surface area (Å²) in [7, 11) is 7.38. The van der Waals surface area contributed by atoms with Gasteiger partial charge < -0.3 is 30.6 Å². The van der Waals surface area contributed by atoms with Gasteiger partial charge >= 0.3 is 6.47 Å². The maximum absolute atomic E-state index is 13.0. The summed E-state index contributed by atoms with van der Waals surface area (Å²) >= 11 is 0. The number of nitrogens with zero attached hydrogens (tertiary/aromatic N) is 5. The van der Waals surface area contributed by atoms with Gasteiger partial charge in [0.25, 0.3) is 5.91 Å². The molecule has 0 saturated carbocycles. The Morgan fingerprint density at radius 3 is 2.36 bits per heavy atom. The van der Waals surface area contributed by atoms with Crippen molar-refractivity contribution in [1.29, 1.82) is 5.26 Å². The third-order valence-corrected chi connectivity index (χ3v) is 9.03. The minimum Gasteiger partial charge on any atom is -0.383 e. The summed E-state index contributed by atoms with van der Waals surface area (Å²) < 4.78 is 0. The zero-order valence-electron chi connectivity index (χ0n) is 27.1. The number of hydrogen-bond acceptors (Lipinski definition) is 8. The van der Waals surface area contributed by atoms with E-state index in [9.17, 15) is 14.9 Å². The van der Waals surface area contributed by atoms with E-state index in [4.69, 9.17) is 10.6 Å². The van der Waals surface area contributed by atoms with Crippen LogP contribution in [0.3, 0.4) is 0 Å². The summed E-state index contributed by atoms with van der Waals surface area (Å²) in [6.07, 6.45) is 3.64. The summed E-state index contributed by atoms with van der Waals surface area (Å²) in [4.78, 5) is 34.8. The average molecular weight is 612 g/mol. The molecule has 1 fully saturated rings. The van der Waals surface area contributed by atoms with Crippen LogP contribution in [0.5, 0.6) is 0 Å². The Hall–Kier alpha value is -4.62. The van der Waals surface area contributed by atoms with E-state index in [0.29, 0.717) is 31.4 Å². The quantitative estimate of drug-likeness (QED) is 0.123. The third-order valence-electron chi connectivity index (χ3n) is 9.03. The molecule has 0 spiro atoms. The molecule has 0 radical (unpaired) electrons. The summed E-state index contributed by atoms with van der Waals surface area (Å²) in [5.41, 5.74) is 13.1. The Labute approximate surface area is 266 Å². The maximum Gasteiger partial charge on any atom is 0.323 e. The maximum atomic E-state index is 13.0. The van der Waals surface area contributed by atoms with Crippen LogP contribution < -0.4 is 11.1 Å². The molecule has 1 heterocycles. The van der Waals surface area contributed by atoms with E-state index in [2.05, 4.69) is 53.7 Å². The predicted molar refractivity (Wildman–Crippen MR) is 177 cm³/mol. The van der Waals surface area contributed by atoms with E-state index in [1.165, 1.54) is 0 Å². The Morgan fingerprint density at radius 2 is 1.78 bits per heavy atom. The average Bonchev–Trinajstić information content (AvgIpc) is 3.47. The van der Waals surface area contributed by atoms with Gasteiger partial charge in [-0.05, 0) is 85.0 Å². The lowest BCUT2D eigenvalue weighted by Crippen LogP contribution is -2.48. The second kappa shape index (κ2) is 14.0. The molecule has 1 amide bonds. The third kappa shape index (κ3) is 6.74. The van der Waals surface area contributed by atoms with Crippen molar-refractivity contribution in [3.63, 3.8) is 0 Å². The predicted octanol–water partition coefficient (Wildman–Crippen LogP) is 3.62. The SMILES string of the molecule is C=C(c1ccc2c(c1)CCc1cc(C(=O)N(C)C)ccc1C2(C[C@@H](C)NCC(=C)N1CCCC1C#N)C(N)=NOC=O)N(C)C. The van der Waals surface area contributed by atoms with E-state index in [-0.39, 0.29) is 30.3 Å². The van der Waals surface area contributed by atoms with Crippen LogP contribution in [-0.2, 0) is 27.9 Å². The molecule has 4 rings (SSSR count). The van der Waals surface area contributed by atoms with E-state index >= 15 is 0 Å². The standard InChI is InChI=1S/C35H45N7O3/c1-23(38-21-24(2)42-16-8-9-30(42)20-36)19-35(34(37)39-45-22-43)31-14-12-26(25(3)40(4)5)17-27(31)10-11-28-18-29(13-15-32(28)35)33(44)41(6)7/h12-15,17-18,22-23,30,38H,2-3,8-11,16,19,21H2,1,4-7H3,(H2,37,39)/t23-,30?,35?/m1/s1. The largest absolute Gasteiger partial charge is 0.383 e. The first kappa shape index (κ1) is 33.3. The fourth-order valence-electron chi connectivity index (χ4n) is 6.64. The molecule has 10 nitrogen and oxygen atoms in total. The molecule has 2 aliphatic rings. The Balaban J connectivity index is 1.85. The second-order valence-corrected chi connectivity index (χ2v) is 12.4. The number of rotatable bonds is 12. The van der Waals surface area contributed by atoms with Crippen LogP contribution in [0.2, 0.25) is 0 Å². The van der Waals surface area contributed by atoms with Gasteiger partial charge in [-0.2, -0.15) is 5.26 Å². The van der Waals surface area contributed by atoms with Crippen molar-refractivity contribution >= 4 is 23.9 Å². The minimum atomic E-state index is -1.00. The number of aryl methyl sites for hydroxylation is 2. The van der Waals surface area contributed by atoms with E-state index in [1.54, 1.807) is 19.0 Å². The Kier molecular flexibility index (Phi) is 10.3. The highest BCUT2D eigenvalue weighted by atomic mass is 16.7. The highest BCUT2D eigenvalue weighted by Crippen LogP contribution is 2.44. The van der Waals surface area contributed by atoms with Crippen LogP contribution in [0, 0.1) is 11.3 Å². The summed E-state index contributed by atoms with van der Waals surface area (Å²) in [5, 5.41) is 17.3. The van der Waals surface area contributed by atoms with Gasteiger partial charge in [-0.25, -0.2) is 0 Å². The number of oxime groups is 1. The van der Waals surface area contributed by atoms with Gasteiger partial charge in [0.15, 0.2) is 5.84 Å². The minimum absolute atomic E-state index is 0.0909. The molecule has 2 unspecified atom stereocenters. The molecule has 2 aromatic carbocycles. The van der Waals surface area contributed by atoms with Crippen molar-refractivity contribution in [1.82, 2.24) is 20.0 Å². The number of amides is 1. The number of benzene rings is 2. The fraction of sp³-hybridized carbons (Fsp3) is 0.429. The normalized spacial score (nSPS) is 19.8. The van der Waals surface area contributed by atoms with Crippen molar-refractivity contribution in [2.75, 3.05) is 41.3 Å². The topological polar surface area (TPSA) is 127 Å². The monoisotopic (exact) mass is 611 g/mol. The lowest BCUT2D eigenvalue weighted by molar-refractivity contribution is -0.128. The van der Waals surface area contributed by atoms with Crippen LogP contribution in [0.4, 0.5) is 0 Å². The van der Waals surface area contributed by atoms with Crippen LogP contribution in [0.15, 0.2) is 60.4 Å². The molecule has 10 heteroatoms. The number of nitriles is 1. The molecule has 0 aromatic heterocycles. The number of carbonyl (C=O) groups is 2. The Morgan fingerprint density at radius 1 is 1.16 bits per heavy atom. The number of hydrogen-bond donors (Lipinski definition) is 2. The molecule has 2 aromatic rings. The van der Waals surface area contributed by atoms with Crippen molar-refractivity contribution in [2.45, 2.75) is 56.5 Å². The molecule has 1 aliphatic heterocycles. The highest BCUT2D eigenvalue weighted by Gasteiger charge is 2.45. The number of fused-ring (bicyclic) bond motifs is 2. The number of likely N-dealkylation sites (tertiary alicyclic amines) is 1. The van der Waals surface area contributed by atoms with Crippen molar-refractivity contribution in [3.05, 3.63) is 88.6 Å². The zero-order chi connectivity index (χ0) is 32.9. The Bertz CT molecular complexity index is 1470. The molecule has 0 bridgehead atoms. The van der Waals surface area contributed by atoms with Gasteiger partial charge in [-0.15, -0.1) is 0 Å². The lowest BCUT2D eigenvalue weighted by atomic mass is 9.67. The zero-order valence-corrected chi connectivity index (χ0v) is 27.1. The number of nitrogens with two attached hydrogens (primary N) is 1. The molecule has 1 aliphatic carbocycles. The number of nitrogens with one attached hydrogen (secondary N) is 1. The molecule has 45 heavy (non-hydrogen) atoms. The van der Waals surface area contributed by atoms with Gasteiger partial charge in [0.2, 0.25) is 0 Å². The molecule has 3 atom stereocenters. The highest BCUT2D eigenvalue weighted by molar-refractivity contribution is 5.98. The first-order chi connectivity index (χ1) is 21.4. The van der Waals surface area contributed by atoms with Crippen LogP contribution in [0.1, 0.15) is 64.4 Å².